The maximum atomic E-state index is 10.5. The van der Waals surface area contributed by atoms with Gasteiger partial charge in [-0.1, -0.05) is 6.92 Å². The molecule has 0 radical (unpaired) electrons. The molecule has 1 unspecified atom stereocenters. The van der Waals surface area contributed by atoms with Gasteiger partial charge in [0.15, 0.2) is 0 Å². The lowest BCUT2D eigenvalue weighted by Crippen LogP contribution is -2.24. The Bertz CT molecular complexity index is 340. The van der Waals surface area contributed by atoms with Crippen LogP contribution in [0.4, 0.5) is 5.00 Å². The Kier molecular flexibility index (Phi) is 4.60. The SMILES string of the molecule is CC(CC(=O)O)CN(C)c1ccc(Br)s1. The van der Waals surface area contributed by atoms with Gasteiger partial charge in [-0.15, -0.1) is 11.3 Å². The van der Waals surface area contributed by atoms with Gasteiger partial charge in [-0.05, 0) is 34.0 Å². The van der Waals surface area contributed by atoms with E-state index in [2.05, 4.69) is 20.8 Å². The molecule has 0 fully saturated rings. The molecule has 1 aromatic heterocycles. The Morgan fingerprint density at radius 1 is 1.67 bits per heavy atom. The van der Waals surface area contributed by atoms with E-state index in [-0.39, 0.29) is 12.3 Å². The fourth-order valence-corrected chi connectivity index (χ4v) is 2.76. The summed E-state index contributed by atoms with van der Waals surface area (Å²) in [4.78, 5) is 12.6. The zero-order valence-corrected chi connectivity index (χ0v) is 11.1. The summed E-state index contributed by atoms with van der Waals surface area (Å²) in [6.07, 6.45) is 0.219. The Morgan fingerprint density at radius 3 is 2.80 bits per heavy atom. The van der Waals surface area contributed by atoms with E-state index in [9.17, 15) is 4.79 Å². The van der Waals surface area contributed by atoms with Crippen LogP contribution in [0.2, 0.25) is 0 Å². The fraction of sp³-hybridized carbons (Fsp3) is 0.500. The molecule has 0 saturated carbocycles. The number of hydrogen-bond donors (Lipinski definition) is 1. The summed E-state index contributed by atoms with van der Waals surface area (Å²) in [5.41, 5.74) is 0. The highest BCUT2D eigenvalue weighted by molar-refractivity contribution is 9.11. The van der Waals surface area contributed by atoms with Gasteiger partial charge in [0.1, 0.15) is 0 Å². The molecule has 1 atom stereocenters. The molecule has 1 heterocycles. The second kappa shape index (κ2) is 5.51. The summed E-state index contributed by atoms with van der Waals surface area (Å²) in [6.45, 7) is 2.71. The van der Waals surface area contributed by atoms with Gasteiger partial charge in [-0.2, -0.15) is 0 Å². The number of anilines is 1. The second-order valence-corrected chi connectivity index (χ2v) is 6.10. The first kappa shape index (κ1) is 12.5. The minimum absolute atomic E-state index is 0.161. The van der Waals surface area contributed by atoms with E-state index in [0.29, 0.717) is 0 Å². The van der Waals surface area contributed by atoms with E-state index in [4.69, 9.17) is 5.11 Å². The van der Waals surface area contributed by atoms with E-state index in [1.807, 2.05) is 26.1 Å². The van der Waals surface area contributed by atoms with Crippen molar-refractivity contribution in [3.05, 3.63) is 15.9 Å². The van der Waals surface area contributed by atoms with Crippen LogP contribution in [-0.4, -0.2) is 24.7 Å². The van der Waals surface area contributed by atoms with E-state index in [1.165, 1.54) is 0 Å². The van der Waals surface area contributed by atoms with Gasteiger partial charge in [0.25, 0.3) is 0 Å². The Balaban J connectivity index is 2.48. The molecule has 0 saturated heterocycles. The summed E-state index contributed by atoms with van der Waals surface area (Å²) in [6, 6.07) is 4.03. The first-order valence-electron chi connectivity index (χ1n) is 4.67. The van der Waals surface area contributed by atoms with Crippen LogP contribution in [0.25, 0.3) is 0 Å². The summed E-state index contributed by atoms with van der Waals surface area (Å²) in [5, 5.41) is 9.80. The van der Waals surface area contributed by atoms with E-state index in [1.54, 1.807) is 11.3 Å². The van der Waals surface area contributed by atoms with Crippen LogP contribution in [0.3, 0.4) is 0 Å². The number of carboxylic acids is 1. The van der Waals surface area contributed by atoms with Crippen LogP contribution in [0, 0.1) is 5.92 Å². The predicted molar refractivity (Wildman–Crippen MR) is 66.7 cm³/mol. The number of halogens is 1. The van der Waals surface area contributed by atoms with Crippen molar-refractivity contribution in [3.63, 3.8) is 0 Å². The topological polar surface area (TPSA) is 40.5 Å². The number of aliphatic carboxylic acids is 1. The average molecular weight is 292 g/mol. The third-order valence-electron chi connectivity index (χ3n) is 2.04. The molecule has 1 rings (SSSR count). The van der Waals surface area contributed by atoms with Gasteiger partial charge in [0, 0.05) is 20.0 Å². The minimum Gasteiger partial charge on any atom is -0.481 e. The minimum atomic E-state index is -0.733. The normalized spacial score (nSPS) is 12.5. The zero-order valence-electron chi connectivity index (χ0n) is 8.74. The number of nitrogens with zero attached hydrogens (tertiary/aromatic N) is 1. The van der Waals surface area contributed by atoms with E-state index >= 15 is 0 Å². The maximum absolute atomic E-state index is 10.5. The molecule has 0 bridgehead atoms. The highest BCUT2D eigenvalue weighted by Gasteiger charge is 2.11. The van der Waals surface area contributed by atoms with Crippen LogP contribution in [0.15, 0.2) is 15.9 Å². The standard InChI is InChI=1S/C10H14BrNO2S/c1-7(5-10(13)14)6-12(2)9-4-3-8(11)15-9/h3-4,7H,5-6H2,1-2H3,(H,13,14). The molecule has 1 N–H and O–H groups in total. The quantitative estimate of drug-likeness (QED) is 0.906. The van der Waals surface area contributed by atoms with E-state index < -0.39 is 5.97 Å². The molecule has 0 aliphatic rings. The van der Waals surface area contributed by atoms with Gasteiger partial charge in [0.05, 0.1) is 8.79 Å². The number of carbonyl (C=O) groups is 1. The smallest absolute Gasteiger partial charge is 0.303 e. The largest absolute Gasteiger partial charge is 0.481 e. The molecule has 0 amide bonds. The lowest BCUT2D eigenvalue weighted by atomic mass is 10.1. The van der Waals surface area contributed by atoms with Crippen molar-refractivity contribution in [1.29, 1.82) is 0 Å². The number of thiophene rings is 1. The average Bonchev–Trinajstić information content (AvgIpc) is 2.49. The summed E-state index contributed by atoms with van der Waals surface area (Å²) in [5.74, 6) is -0.573. The van der Waals surface area contributed by atoms with E-state index in [0.717, 1.165) is 15.3 Å². The van der Waals surface area contributed by atoms with Crippen molar-refractivity contribution in [2.45, 2.75) is 13.3 Å². The van der Waals surface area contributed by atoms with Crippen molar-refractivity contribution in [1.82, 2.24) is 0 Å². The molecular formula is C10H14BrNO2S. The fourth-order valence-electron chi connectivity index (χ4n) is 1.43. The molecule has 3 nitrogen and oxygen atoms in total. The predicted octanol–water partition coefficient (Wildman–Crippen LogP) is 3.06. The summed E-state index contributed by atoms with van der Waals surface area (Å²) in [7, 11) is 1.98. The molecule has 84 valence electrons. The Morgan fingerprint density at radius 2 is 2.33 bits per heavy atom. The van der Waals surface area contributed by atoms with Crippen molar-refractivity contribution in [3.8, 4) is 0 Å². The Hall–Kier alpha value is -0.550. The molecule has 0 aromatic carbocycles. The maximum Gasteiger partial charge on any atom is 0.303 e. The van der Waals surface area contributed by atoms with Gasteiger partial charge in [-0.3, -0.25) is 4.79 Å². The molecule has 0 spiro atoms. The highest BCUT2D eigenvalue weighted by Crippen LogP contribution is 2.29. The number of rotatable bonds is 5. The van der Waals surface area contributed by atoms with Crippen LogP contribution in [0.5, 0.6) is 0 Å². The van der Waals surface area contributed by atoms with Crippen LogP contribution >= 0.6 is 27.3 Å². The molecule has 15 heavy (non-hydrogen) atoms. The van der Waals surface area contributed by atoms with Crippen molar-refractivity contribution in [2.24, 2.45) is 5.92 Å². The van der Waals surface area contributed by atoms with Crippen molar-refractivity contribution in [2.75, 3.05) is 18.5 Å². The molecule has 1 aromatic rings. The van der Waals surface area contributed by atoms with Crippen molar-refractivity contribution >= 4 is 38.2 Å². The molecule has 0 aliphatic carbocycles. The Labute approximate surface area is 102 Å². The molecular weight excluding hydrogens is 278 g/mol. The monoisotopic (exact) mass is 291 g/mol. The van der Waals surface area contributed by atoms with Gasteiger partial charge in [0.2, 0.25) is 0 Å². The zero-order chi connectivity index (χ0) is 11.4. The summed E-state index contributed by atoms with van der Waals surface area (Å²) < 4.78 is 1.09. The van der Waals surface area contributed by atoms with Crippen LogP contribution < -0.4 is 4.90 Å². The number of carboxylic acid groups (broad SMARTS) is 1. The first-order valence-corrected chi connectivity index (χ1v) is 6.28. The third-order valence-corrected chi connectivity index (χ3v) is 3.78. The lowest BCUT2D eigenvalue weighted by Gasteiger charge is -2.20. The molecule has 0 aliphatic heterocycles. The van der Waals surface area contributed by atoms with Gasteiger partial charge < -0.3 is 10.0 Å². The third kappa shape index (κ3) is 4.22. The van der Waals surface area contributed by atoms with Gasteiger partial charge >= 0.3 is 5.97 Å². The van der Waals surface area contributed by atoms with Crippen LogP contribution in [-0.2, 0) is 4.79 Å². The van der Waals surface area contributed by atoms with Gasteiger partial charge in [-0.25, -0.2) is 0 Å². The molecule has 5 heteroatoms. The van der Waals surface area contributed by atoms with Crippen molar-refractivity contribution < 1.29 is 9.90 Å². The first-order chi connectivity index (χ1) is 6.99. The number of hydrogen-bond acceptors (Lipinski definition) is 3. The highest BCUT2D eigenvalue weighted by atomic mass is 79.9. The van der Waals surface area contributed by atoms with Crippen LogP contribution in [0.1, 0.15) is 13.3 Å². The summed E-state index contributed by atoms with van der Waals surface area (Å²) >= 11 is 5.06. The lowest BCUT2D eigenvalue weighted by molar-refractivity contribution is -0.137. The second-order valence-electron chi connectivity index (χ2n) is 3.66.